The zero-order chi connectivity index (χ0) is 14.4. The molecule has 0 saturated carbocycles. The molecule has 0 aliphatic heterocycles. The lowest BCUT2D eigenvalue weighted by Gasteiger charge is -2.14. The third-order valence-corrected chi connectivity index (χ3v) is 3.55. The van der Waals surface area contributed by atoms with E-state index in [1.165, 1.54) is 0 Å². The van der Waals surface area contributed by atoms with E-state index in [9.17, 15) is 4.79 Å². The zero-order valence-corrected chi connectivity index (χ0v) is 13.7. The lowest BCUT2D eigenvalue weighted by molar-refractivity contribution is 0.0953. The van der Waals surface area contributed by atoms with Gasteiger partial charge in [-0.2, -0.15) is 0 Å². The van der Waals surface area contributed by atoms with Gasteiger partial charge in [-0.05, 0) is 36.6 Å². The van der Waals surface area contributed by atoms with Crippen LogP contribution >= 0.6 is 15.9 Å². The lowest BCUT2D eigenvalue weighted by Crippen LogP contribution is -2.30. The van der Waals surface area contributed by atoms with Gasteiger partial charge in [-0.1, -0.05) is 29.8 Å². The maximum Gasteiger partial charge on any atom is 0.251 e. The fraction of sp³-hybridized carbons (Fsp3) is 0.533. The number of nitrogens with one attached hydrogen (secondary N) is 1. The van der Waals surface area contributed by atoms with E-state index >= 15 is 0 Å². The van der Waals surface area contributed by atoms with Crippen molar-refractivity contribution in [3.8, 4) is 0 Å². The number of carbonyl (C=O) groups is 1. The SMILES string of the molecule is CC(C)CC(Br)CNC(=O)c1ccc(N(C)C)cc1. The van der Waals surface area contributed by atoms with Crippen molar-refractivity contribution in [3.63, 3.8) is 0 Å². The molecule has 0 saturated heterocycles. The maximum atomic E-state index is 12.0. The molecular weight excluding hydrogens is 304 g/mol. The standard InChI is InChI=1S/C15H23BrN2O/c1-11(2)9-13(16)10-17-15(19)12-5-7-14(8-6-12)18(3)4/h5-8,11,13H,9-10H2,1-4H3,(H,17,19). The molecule has 1 aromatic carbocycles. The van der Waals surface area contributed by atoms with Crippen molar-refractivity contribution in [2.24, 2.45) is 5.92 Å². The molecule has 0 spiro atoms. The molecule has 1 atom stereocenters. The molecule has 3 nitrogen and oxygen atoms in total. The highest BCUT2D eigenvalue weighted by atomic mass is 79.9. The molecule has 19 heavy (non-hydrogen) atoms. The van der Waals surface area contributed by atoms with Crippen LogP contribution in [0.2, 0.25) is 0 Å². The van der Waals surface area contributed by atoms with Gasteiger partial charge in [-0.3, -0.25) is 4.79 Å². The van der Waals surface area contributed by atoms with E-state index in [0.717, 1.165) is 12.1 Å². The highest BCUT2D eigenvalue weighted by molar-refractivity contribution is 9.09. The topological polar surface area (TPSA) is 32.3 Å². The van der Waals surface area contributed by atoms with E-state index in [4.69, 9.17) is 0 Å². The van der Waals surface area contributed by atoms with E-state index in [-0.39, 0.29) is 5.91 Å². The van der Waals surface area contributed by atoms with Gasteiger partial charge in [0.25, 0.3) is 5.91 Å². The van der Waals surface area contributed by atoms with Gasteiger partial charge in [0, 0.05) is 36.7 Å². The van der Waals surface area contributed by atoms with E-state index in [1.54, 1.807) is 0 Å². The van der Waals surface area contributed by atoms with Gasteiger partial charge in [0.1, 0.15) is 0 Å². The van der Waals surface area contributed by atoms with E-state index in [2.05, 4.69) is 35.1 Å². The number of alkyl halides is 1. The van der Waals surface area contributed by atoms with Crippen LogP contribution in [0.5, 0.6) is 0 Å². The molecule has 1 aromatic rings. The predicted molar refractivity (Wildman–Crippen MR) is 85.3 cm³/mol. The Labute approximate surface area is 124 Å². The summed E-state index contributed by atoms with van der Waals surface area (Å²) in [4.78, 5) is 14.3. The van der Waals surface area contributed by atoms with Crippen LogP contribution in [0.1, 0.15) is 30.6 Å². The summed E-state index contributed by atoms with van der Waals surface area (Å²) in [7, 11) is 3.97. The molecule has 4 heteroatoms. The average Bonchev–Trinajstić information content (AvgIpc) is 2.35. The molecule has 0 heterocycles. The Morgan fingerprint density at radius 1 is 1.26 bits per heavy atom. The van der Waals surface area contributed by atoms with Crippen molar-refractivity contribution in [2.45, 2.75) is 25.1 Å². The molecule has 0 bridgehead atoms. The third-order valence-electron chi connectivity index (χ3n) is 2.86. The number of amides is 1. The quantitative estimate of drug-likeness (QED) is 0.813. The van der Waals surface area contributed by atoms with Gasteiger partial charge in [-0.25, -0.2) is 0 Å². The van der Waals surface area contributed by atoms with Crippen molar-refractivity contribution >= 4 is 27.5 Å². The van der Waals surface area contributed by atoms with Crippen LogP contribution in [0.15, 0.2) is 24.3 Å². The number of carbonyl (C=O) groups excluding carboxylic acids is 1. The van der Waals surface area contributed by atoms with Gasteiger partial charge in [0.15, 0.2) is 0 Å². The molecule has 1 unspecified atom stereocenters. The van der Waals surface area contributed by atoms with E-state index in [0.29, 0.717) is 22.9 Å². The van der Waals surface area contributed by atoms with Gasteiger partial charge < -0.3 is 10.2 Å². The van der Waals surface area contributed by atoms with Crippen LogP contribution in [-0.2, 0) is 0 Å². The summed E-state index contributed by atoms with van der Waals surface area (Å²) in [5, 5.41) is 2.95. The minimum atomic E-state index is -0.0153. The number of rotatable bonds is 6. The number of benzene rings is 1. The highest BCUT2D eigenvalue weighted by Gasteiger charge is 2.10. The van der Waals surface area contributed by atoms with Crippen molar-refractivity contribution < 1.29 is 4.79 Å². The molecule has 106 valence electrons. The lowest BCUT2D eigenvalue weighted by atomic mass is 10.1. The van der Waals surface area contributed by atoms with Gasteiger partial charge in [0.05, 0.1) is 0 Å². The normalized spacial score (nSPS) is 12.3. The first-order valence-electron chi connectivity index (χ1n) is 6.59. The first kappa shape index (κ1) is 16.0. The van der Waals surface area contributed by atoms with Gasteiger partial charge >= 0.3 is 0 Å². The van der Waals surface area contributed by atoms with Gasteiger partial charge in [0.2, 0.25) is 0 Å². The molecule has 1 N–H and O–H groups in total. The average molecular weight is 327 g/mol. The Bertz CT molecular complexity index is 401. The van der Waals surface area contributed by atoms with Crippen LogP contribution in [0.3, 0.4) is 0 Å². The number of hydrogen-bond donors (Lipinski definition) is 1. The predicted octanol–water partition coefficient (Wildman–Crippen LogP) is 3.29. The number of hydrogen-bond acceptors (Lipinski definition) is 2. The number of anilines is 1. The summed E-state index contributed by atoms with van der Waals surface area (Å²) in [6.45, 7) is 5.01. The summed E-state index contributed by atoms with van der Waals surface area (Å²) in [6.07, 6.45) is 1.06. The van der Waals surface area contributed by atoms with Crippen molar-refractivity contribution in [3.05, 3.63) is 29.8 Å². The number of nitrogens with zero attached hydrogens (tertiary/aromatic N) is 1. The highest BCUT2D eigenvalue weighted by Crippen LogP contribution is 2.13. The summed E-state index contributed by atoms with van der Waals surface area (Å²) in [5.74, 6) is 0.610. The first-order valence-corrected chi connectivity index (χ1v) is 7.51. The van der Waals surface area contributed by atoms with Crippen LogP contribution in [-0.4, -0.2) is 31.4 Å². The Kier molecular flexibility index (Phi) is 6.35. The van der Waals surface area contributed by atoms with Crippen LogP contribution < -0.4 is 10.2 Å². The second-order valence-corrected chi connectivity index (χ2v) is 6.67. The molecule has 0 aliphatic carbocycles. The molecule has 1 rings (SSSR count). The second-order valence-electron chi connectivity index (χ2n) is 5.38. The Balaban J connectivity index is 2.49. The molecule has 0 fully saturated rings. The van der Waals surface area contributed by atoms with Crippen molar-refractivity contribution in [1.82, 2.24) is 5.32 Å². The molecular formula is C15H23BrN2O. The van der Waals surface area contributed by atoms with E-state index in [1.807, 2.05) is 43.3 Å². The fourth-order valence-electron chi connectivity index (χ4n) is 1.81. The van der Waals surface area contributed by atoms with Crippen LogP contribution in [0.25, 0.3) is 0 Å². The monoisotopic (exact) mass is 326 g/mol. The molecule has 1 amide bonds. The molecule has 0 radical (unpaired) electrons. The number of halogens is 1. The maximum absolute atomic E-state index is 12.0. The van der Waals surface area contributed by atoms with Crippen LogP contribution in [0, 0.1) is 5.92 Å². The van der Waals surface area contributed by atoms with Crippen molar-refractivity contribution in [2.75, 3.05) is 25.5 Å². The van der Waals surface area contributed by atoms with Crippen LogP contribution in [0.4, 0.5) is 5.69 Å². The van der Waals surface area contributed by atoms with Gasteiger partial charge in [-0.15, -0.1) is 0 Å². The Morgan fingerprint density at radius 2 is 1.84 bits per heavy atom. The summed E-state index contributed by atoms with van der Waals surface area (Å²) < 4.78 is 0. The largest absolute Gasteiger partial charge is 0.378 e. The summed E-state index contributed by atoms with van der Waals surface area (Å²) in [5.41, 5.74) is 1.80. The van der Waals surface area contributed by atoms with E-state index < -0.39 is 0 Å². The summed E-state index contributed by atoms with van der Waals surface area (Å²) in [6, 6.07) is 7.62. The van der Waals surface area contributed by atoms with Crippen molar-refractivity contribution in [1.29, 1.82) is 0 Å². The molecule has 0 aromatic heterocycles. The Hall–Kier alpha value is -1.03. The molecule has 0 aliphatic rings. The smallest absolute Gasteiger partial charge is 0.251 e. The third kappa shape index (κ3) is 5.64. The second kappa shape index (κ2) is 7.53. The minimum absolute atomic E-state index is 0.0153. The Morgan fingerprint density at radius 3 is 2.32 bits per heavy atom. The zero-order valence-electron chi connectivity index (χ0n) is 12.1. The minimum Gasteiger partial charge on any atom is -0.378 e. The fourth-order valence-corrected chi connectivity index (χ4v) is 2.72. The summed E-state index contributed by atoms with van der Waals surface area (Å²) >= 11 is 3.59. The first-order chi connectivity index (χ1) is 8.90.